The first-order valence-corrected chi connectivity index (χ1v) is 13.2. The van der Waals surface area contributed by atoms with E-state index in [9.17, 15) is 22.8 Å². The number of benzene rings is 2. The predicted octanol–water partition coefficient (Wildman–Crippen LogP) is 5.86. The number of unbranched alkanes of at least 4 members (excludes halogenated alkanes) is 1. The molecule has 216 valence electrons. The lowest BCUT2D eigenvalue weighted by Gasteiger charge is -2.28. The second-order valence-corrected chi connectivity index (χ2v) is 9.42. The lowest BCUT2D eigenvalue weighted by molar-refractivity contribution is -0.137. The van der Waals surface area contributed by atoms with Crippen molar-refractivity contribution in [3.63, 3.8) is 0 Å². The summed E-state index contributed by atoms with van der Waals surface area (Å²) in [5.41, 5.74) is 0.946. The Balaban J connectivity index is 1.78. The van der Waals surface area contributed by atoms with Gasteiger partial charge in [-0.25, -0.2) is 0 Å². The highest BCUT2D eigenvalue weighted by molar-refractivity contribution is 5.97. The van der Waals surface area contributed by atoms with Gasteiger partial charge < -0.3 is 23.8 Å². The lowest BCUT2D eigenvalue weighted by Crippen LogP contribution is -2.43. The zero-order valence-electron chi connectivity index (χ0n) is 23.3. The first kappa shape index (κ1) is 30.6. The number of ether oxygens (including phenoxy) is 2. The minimum atomic E-state index is -4.42. The van der Waals surface area contributed by atoms with Gasteiger partial charge in [-0.1, -0.05) is 25.5 Å². The molecule has 7 nitrogen and oxygen atoms in total. The quantitative estimate of drug-likeness (QED) is 0.263. The Labute approximate surface area is 233 Å². The summed E-state index contributed by atoms with van der Waals surface area (Å²) in [6.07, 6.45) is -0.990. The van der Waals surface area contributed by atoms with E-state index in [2.05, 4.69) is 0 Å². The van der Waals surface area contributed by atoms with E-state index in [-0.39, 0.29) is 31.4 Å². The molecule has 0 bridgehead atoms. The largest absolute Gasteiger partial charge is 0.497 e. The highest BCUT2D eigenvalue weighted by Crippen LogP contribution is 2.30. The lowest BCUT2D eigenvalue weighted by atomic mass is 10.1. The number of halogens is 3. The van der Waals surface area contributed by atoms with Crippen LogP contribution in [-0.2, 0) is 24.1 Å². The Morgan fingerprint density at radius 2 is 1.62 bits per heavy atom. The van der Waals surface area contributed by atoms with Crippen molar-refractivity contribution >= 4 is 11.8 Å². The Morgan fingerprint density at radius 1 is 0.925 bits per heavy atom. The van der Waals surface area contributed by atoms with E-state index in [0.717, 1.165) is 30.7 Å². The molecule has 0 aliphatic rings. The van der Waals surface area contributed by atoms with Gasteiger partial charge in [0.25, 0.3) is 5.91 Å². The molecule has 2 amide bonds. The summed E-state index contributed by atoms with van der Waals surface area (Å²) in [6.45, 7) is 5.02. The number of alkyl halides is 3. The third kappa shape index (κ3) is 8.03. The molecule has 0 saturated heterocycles. The molecule has 0 N–H and O–H groups in total. The fraction of sp³-hybridized carbons (Fsp3) is 0.400. The molecule has 0 unspecified atom stereocenters. The van der Waals surface area contributed by atoms with Crippen LogP contribution in [0.2, 0.25) is 0 Å². The van der Waals surface area contributed by atoms with Crippen LogP contribution in [0, 0.1) is 0 Å². The number of nitrogens with zero attached hydrogens (tertiary/aromatic N) is 3. The Bertz CT molecular complexity index is 1270. The molecular formula is C30H36F3N3O4. The van der Waals surface area contributed by atoms with Crippen LogP contribution in [0.25, 0.3) is 0 Å². The fourth-order valence-electron chi connectivity index (χ4n) is 4.33. The standard InChI is InChI=1S/C30H36F3N3O4/c1-5-7-13-36(20-25-12-9-14-35(25)19-22-10-8-11-24(15-22)30(31,32)33)28(37)21-34(6-2)29(38)23-16-26(39-3)18-27(17-23)40-4/h8-12,14-18H,5-7,13,19-21H2,1-4H3. The van der Waals surface area contributed by atoms with Crippen LogP contribution in [0.5, 0.6) is 11.5 Å². The van der Waals surface area contributed by atoms with Crippen LogP contribution in [0.15, 0.2) is 60.8 Å². The van der Waals surface area contributed by atoms with E-state index < -0.39 is 11.7 Å². The van der Waals surface area contributed by atoms with Crippen molar-refractivity contribution in [1.82, 2.24) is 14.4 Å². The van der Waals surface area contributed by atoms with E-state index in [0.29, 0.717) is 35.7 Å². The third-order valence-corrected chi connectivity index (χ3v) is 6.61. The van der Waals surface area contributed by atoms with Crippen molar-refractivity contribution in [1.29, 1.82) is 0 Å². The summed E-state index contributed by atoms with van der Waals surface area (Å²) < 4.78 is 52.0. The van der Waals surface area contributed by atoms with Gasteiger partial charge in [-0.05, 0) is 55.3 Å². The maximum Gasteiger partial charge on any atom is 0.416 e. The Morgan fingerprint density at radius 3 is 2.23 bits per heavy atom. The van der Waals surface area contributed by atoms with Gasteiger partial charge in [0.1, 0.15) is 18.0 Å². The second kappa shape index (κ2) is 13.9. The van der Waals surface area contributed by atoms with Crippen LogP contribution < -0.4 is 9.47 Å². The van der Waals surface area contributed by atoms with E-state index >= 15 is 0 Å². The summed E-state index contributed by atoms with van der Waals surface area (Å²) in [5.74, 6) is 0.397. The van der Waals surface area contributed by atoms with Gasteiger partial charge in [0.05, 0.1) is 26.3 Å². The van der Waals surface area contributed by atoms with Crippen LogP contribution in [0.3, 0.4) is 0 Å². The fourth-order valence-corrected chi connectivity index (χ4v) is 4.33. The molecule has 2 aromatic carbocycles. The van der Waals surface area contributed by atoms with Crippen molar-refractivity contribution in [2.75, 3.05) is 33.9 Å². The molecular weight excluding hydrogens is 523 g/mol. The van der Waals surface area contributed by atoms with Crippen LogP contribution >= 0.6 is 0 Å². The first-order valence-electron chi connectivity index (χ1n) is 13.2. The summed E-state index contributed by atoms with van der Waals surface area (Å²) in [4.78, 5) is 30.0. The molecule has 0 fully saturated rings. The average Bonchev–Trinajstić information content (AvgIpc) is 3.38. The van der Waals surface area contributed by atoms with Crippen molar-refractivity contribution < 1.29 is 32.2 Å². The van der Waals surface area contributed by atoms with Crippen LogP contribution in [0.4, 0.5) is 13.2 Å². The molecule has 1 aromatic heterocycles. The van der Waals surface area contributed by atoms with E-state index in [1.807, 2.05) is 23.6 Å². The summed E-state index contributed by atoms with van der Waals surface area (Å²) in [5, 5.41) is 0. The normalized spacial score (nSPS) is 11.3. The smallest absolute Gasteiger partial charge is 0.416 e. The zero-order chi connectivity index (χ0) is 29.3. The van der Waals surface area contributed by atoms with Crippen molar-refractivity contribution in [2.24, 2.45) is 0 Å². The Hall–Kier alpha value is -3.95. The number of likely N-dealkylation sites (N-methyl/N-ethyl adjacent to an activating group) is 1. The van der Waals surface area contributed by atoms with Crippen molar-refractivity contribution in [2.45, 2.75) is 46.0 Å². The topological polar surface area (TPSA) is 64.0 Å². The number of hydrogen-bond donors (Lipinski definition) is 0. The first-order chi connectivity index (χ1) is 19.1. The van der Waals surface area contributed by atoms with Gasteiger partial charge in [-0.15, -0.1) is 0 Å². The molecule has 3 rings (SSSR count). The number of methoxy groups -OCH3 is 2. The molecule has 0 atom stereocenters. The summed E-state index contributed by atoms with van der Waals surface area (Å²) in [6, 6.07) is 13.8. The van der Waals surface area contributed by atoms with Crippen LogP contribution in [0.1, 0.15) is 53.9 Å². The van der Waals surface area contributed by atoms with Crippen molar-refractivity contribution in [3.05, 3.63) is 83.2 Å². The van der Waals surface area contributed by atoms with E-state index in [1.54, 1.807) is 42.3 Å². The average molecular weight is 560 g/mol. The summed E-state index contributed by atoms with van der Waals surface area (Å²) in [7, 11) is 3.00. The third-order valence-electron chi connectivity index (χ3n) is 6.61. The highest BCUT2D eigenvalue weighted by atomic mass is 19.4. The van der Waals surface area contributed by atoms with E-state index in [4.69, 9.17) is 9.47 Å². The molecule has 0 aliphatic heterocycles. The number of aromatic nitrogens is 1. The maximum absolute atomic E-state index is 13.5. The second-order valence-electron chi connectivity index (χ2n) is 9.42. The number of carbonyl (C=O) groups is 2. The monoisotopic (exact) mass is 559 g/mol. The number of amides is 2. The van der Waals surface area contributed by atoms with Gasteiger partial charge in [0.2, 0.25) is 5.91 Å². The molecule has 0 spiro atoms. The summed E-state index contributed by atoms with van der Waals surface area (Å²) >= 11 is 0. The van der Waals surface area contributed by atoms with Gasteiger partial charge in [0.15, 0.2) is 0 Å². The predicted molar refractivity (Wildman–Crippen MR) is 146 cm³/mol. The van der Waals surface area contributed by atoms with Gasteiger partial charge in [0, 0.05) is 43.2 Å². The maximum atomic E-state index is 13.5. The molecule has 1 heterocycles. The minimum absolute atomic E-state index is 0.118. The molecule has 0 radical (unpaired) electrons. The molecule has 0 aliphatic carbocycles. The van der Waals surface area contributed by atoms with Gasteiger partial charge >= 0.3 is 6.18 Å². The van der Waals surface area contributed by atoms with Crippen molar-refractivity contribution in [3.8, 4) is 11.5 Å². The molecule has 3 aromatic rings. The molecule has 40 heavy (non-hydrogen) atoms. The number of rotatable bonds is 13. The van der Waals surface area contributed by atoms with Crippen LogP contribution in [-0.4, -0.2) is 60.0 Å². The zero-order valence-corrected chi connectivity index (χ0v) is 23.3. The number of carbonyl (C=O) groups excluding carboxylic acids is 2. The van der Waals surface area contributed by atoms with Gasteiger partial charge in [-0.3, -0.25) is 9.59 Å². The molecule has 10 heteroatoms. The van der Waals surface area contributed by atoms with Gasteiger partial charge in [-0.2, -0.15) is 13.2 Å². The minimum Gasteiger partial charge on any atom is -0.497 e. The Kier molecular flexibility index (Phi) is 10.6. The highest BCUT2D eigenvalue weighted by Gasteiger charge is 2.30. The number of hydrogen-bond acceptors (Lipinski definition) is 4. The SMILES string of the molecule is CCCCN(Cc1cccn1Cc1cccc(C(F)(F)F)c1)C(=O)CN(CC)C(=O)c1cc(OC)cc(OC)c1. The molecule has 0 saturated carbocycles. The van der Waals surface area contributed by atoms with E-state index in [1.165, 1.54) is 25.2 Å².